The van der Waals surface area contributed by atoms with E-state index in [1.165, 1.54) is 36.5 Å². The lowest BCUT2D eigenvalue weighted by atomic mass is 10.1. The van der Waals surface area contributed by atoms with Crippen molar-refractivity contribution >= 4 is 20.9 Å². The van der Waals surface area contributed by atoms with E-state index >= 15 is 0 Å². The number of benzene rings is 3. The van der Waals surface area contributed by atoms with Gasteiger partial charge in [0.1, 0.15) is 11.6 Å². The molecule has 1 unspecified atom stereocenters. The van der Waals surface area contributed by atoms with Gasteiger partial charge in [0.05, 0.1) is 10.4 Å². The summed E-state index contributed by atoms with van der Waals surface area (Å²) in [5, 5.41) is 3.85. The number of fused-ring (bicyclic) bond motifs is 1. The predicted molar refractivity (Wildman–Crippen MR) is 134 cm³/mol. The number of ether oxygens (including phenoxy) is 1. The molecule has 0 aliphatic carbocycles. The molecule has 0 bridgehead atoms. The summed E-state index contributed by atoms with van der Waals surface area (Å²) in [7, 11) is -3.92. The predicted octanol–water partition coefficient (Wildman–Crippen LogP) is 5.72. The fourth-order valence-corrected chi connectivity index (χ4v) is 5.24. The number of nitrogens with zero attached hydrogens (tertiary/aromatic N) is 1. The van der Waals surface area contributed by atoms with Crippen LogP contribution in [-0.2, 0) is 23.0 Å². The fraction of sp³-hybridized carbons (Fsp3) is 0.259. The molecule has 0 saturated carbocycles. The molecular formula is C27H26F4N2O3S. The van der Waals surface area contributed by atoms with Crippen LogP contribution in [-0.4, -0.2) is 37.6 Å². The van der Waals surface area contributed by atoms with Crippen LogP contribution < -0.4 is 10.1 Å². The summed E-state index contributed by atoms with van der Waals surface area (Å²) in [4.78, 5) is 0.0988. The monoisotopic (exact) mass is 534 g/mol. The number of hydrogen-bond donors (Lipinski definition) is 1. The standard InChI is InChI=1S/C27H26F4N2O3S/c1-19(28)27(30,31)18-36-23-7-5-6-20(14-23)16-32-13-12-21-17-33(26-15-22(29)10-11-25(21)26)37(34,35)24-8-3-2-4-9-24/h2-11,14-15,17,19,32H,12-13,16,18H2,1H3. The van der Waals surface area contributed by atoms with Crippen molar-refractivity contribution in [1.29, 1.82) is 0 Å². The van der Waals surface area contributed by atoms with E-state index in [2.05, 4.69) is 5.32 Å². The zero-order chi connectivity index (χ0) is 26.6. The Balaban J connectivity index is 1.44. The van der Waals surface area contributed by atoms with Crippen molar-refractivity contribution in [3.05, 3.63) is 95.9 Å². The Morgan fingerprint density at radius 2 is 1.78 bits per heavy atom. The Hall–Kier alpha value is -3.37. The highest BCUT2D eigenvalue weighted by Crippen LogP contribution is 2.27. The van der Waals surface area contributed by atoms with Crippen molar-refractivity contribution in [2.45, 2.75) is 36.9 Å². The Morgan fingerprint density at radius 1 is 1.03 bits per heavy atom. The highest BCUT2D eigenvalue weighted by atomic mass is 32.2. The molecule has 1 aromatic heterocycles. The van der Waals surface area contributed by atoms with Crippen molar-refractivity contribution < 1.29 is 30.7 Å². The molecule has 5 nitrogen and oxygen atoms in total. The number of hydrogen-bond acceptors (Lipinski definition) is 4. The molecule has 0 amide bonds. The van der Waals surface area contributed by atoms with E-state index in [9.17, 15) is 26.0 Å². The number of nitrogens with one attached hydrogen (secondary N) is 1. The van der Waals surface area contributed by atoms with Gasteiger partial charge in [-0.2, -0.15) is 8.78 Å². The maximum absolute atomic E-state index is 14.0. The van der Waals surface area contributed by atoms with Crippen LogP contribution in [0.3, 0.4) is 0 Å². The second-order valence-corrected chi connectivity index (χ2v) is 10.5. The molecule has 10 heteroatoms. The van der Waals surface area contributed by atoms with Gasteiger partial charge in [-0.15, -0.1) is 0 Å². The minimum Gasteiger partial charge on any atom is -0.487 e. The second kappa shape index (κ2) is 10.9. The van der Waals surface area contributed by atoms with Crippen LogP contribution in [0.1, 0.15) is 18.1 Å². The van der Waals surface area contributed by atoms with Gasteiger partial charge >= 0.3 is 5.92 Å². The molecule has 1 heterocycles. The minimum atomic E-state index is -3.92. The van der Waals surface area contributed by atoms with Gasteiger partial charge in [-0.3, -0.25) is 0 Å². The topological polar surface area (TPSA) is 60.3 Å². The zero-order valence-electron chi connectivity index (χ0n) is 20.0. The highest BCUT2D eigenvalue weighted by Gasteiger charge is 2.37. The van der Waals surface area contributed by atoms with Crippen LogP contribution in [0.15, 0.2) is 83.9 Å². The van der Waals surface area contributed by atoms with E-state index in [-0.39, 0.29) is 16.2 Å². The smallest absolute Gasteiger partial charge is 0.311 e. The quantitative estimate of drug-likeness (QED) is 0.198. The van der Waals surface area contributed by atoms with Crippen molar-refractivity contribution in [2.24, 2.45) is 0 Å². The first kappa shape index (κ1) is 26.7. The molecule has 37 heavy (non-hydrogen) atoms. The van der Waals surface area contributed by atoms with Crippen LogP contribution in [0, 0.1) is 5.82 Å². The molecule has 4 aromatic rings. The number of halogens is 4. The molecule has 0 spiro atoms. The molecule has 0 aliphatic heterocycles. The van der Waals surface area contributed by atoms with Gasteiger partial charge in [0.25, 0.3) is 10.0 Å². The lowest BCUT2D eigenvalue weighted by Gasteiger charge is -2.18. The van der Waals surface area contributed by atoms with Crippen LogP contribution in [0.4, 0.5) is 17.6 Å². The summed E-state index contributed by atoms with van der Waals surface area (Å²) >= 11 is 0. The Labute approximate surface area is 212 Å². The maximum Gasteiger partial charge on any atom is 0.311 e. The van der Waals surface area contributed by atoms with Gasteiger partial charge in [-0.25, -0.2) is 21.2 Å². The van der Waals surface area contributed by atoms with Crippen molar-refractivity contribution in [1.82, 2.24) is 9.29 Å². The second-order valence-electron chi connectivity index (χ2n) is 8.67. The zero-order valence-corrected chi connectivity index (χ0v) is 20.8. The first-order valence-corrected chi connectivity index (χ1v) is 13.1. The molecule has 1 atom stereocenters. The molecule has 4 rings (SSSR count). The van der Waals surface area contributed by atoms with Crippen molar-refractivity contribution in [3.63, 3.8) is 0 Å². The van der Waals surface area contributed by atoms with Gasteiger partial charge in [0, 0.05) is 18.1 Å². The molecule has 0 radical (unpaired) electrons. The lowest BCUT2D eigenvalue weighted by molar-refractivity contribution is -0.0941. The Morgan fingerprint density at radius 3 is 2.51 bits per heavy atom. The SMILES string of the molecule is CC(F)C(F)(F)COc1cccc(CNCCc2cn(S(=O)(=O)c3ccccc3)c3cc(F)ccc23)c1. The Kier molecular flexibility index (Phi) is 7.89. The van der Waals surface area contributed by atoms with Crippen LogP contribution in [0.5, 0.6) is 5.75 Å². The van der Waals surface area contributed by atoms with E-state index in [0.717, 1.165) is 22.0 Å². The van der Waals surface area contributed by atoms with E-state index in [1.54, 1.807) is 42.5 Å². The molecule has 3 aromatic carbocycles. The summed E-state index contributed by atoms with van der Waals surface area (Å²) < 4.78 is 86.6. The molecule has 0 saturated heterocycles. The summed E-state index contributed by atoms with van der Waals surface area (Å²) in [5.74, 6) is -3.92. The van der Waals surface area contributed by atoms with Crippen LogP contribution in [0.25, 0.3) is 10.9 Å². The van der Waals surface area contributed by atoms with Crippen LogP contribution in [0.2, 0.25) is 0 Å². The van der Waals surface area contributed by atoms with Crippen molar-refractivity contribution in [2.75, 3.05) is 13.2 Å². The van der Waals surface area contributed by atoms with Gasteiger partial charge in [-0.05, 0) is 73.5 Å². The largest absolute Gasteiger partial charge is 0.487 e. The summed E-state index contributed by atoms with van der Waals surface area (Å²) in [6, 6.07) is 18.5. The molecule has 0 fully saturated rings. The fourth-order valence-electron chi connectivity index (χ4n) is 3.84. The number of rotatable bonds is 11. The first-order valence-electron chi connectivity index (χ1n) is 11.6. The summed E-state index contributed by atoms with van der Waals surface area (Å²) in [5.41, 5.74) is 1.75. The van der Waals surface area contributed by atoms with E-state index in [4.69, 9.17) is 4.74 Å². The Bertz CT molecular complexity index is 1470. The molecule has 1 N–H and O–H groups in total. The lowest BCUT2D eigenvalue weighted by Crippen LogP contribution is -2.34. The third-order valence-corrected chi connectivity index (χ3v) is 7.62. The van der Waals surface area contributed by atoms with Gasteiger partial charge in [-0.1, -0.05) is 30.3 Å². The average molecular weight is 535 g/mol. The van der Waals surface area contributed by atoms with Gasteiger partial charge < -0.3 is 10.1 Å². The summed E-state index contributed by atoms with van der Waals surface area (Å²) in [6.07, 6.45) is -0.354. The minimum absolute atomic E-state index is 0.0988. The number of alkyl halides is 3. The molecular weight excluding hydrogens is 508 g/mol. The summed E-state index contributed by atoms with van der Waals surface area (Å²) in [6.45, 7) is 0.583. The highest BCUT2D eigenvalue weighted by molar-refractivity contribution is 7.90. The van der Waals surface area contributed by atoms with E-state index in [1.807, 2.05) is 0 Å². The van der Waals surface area contributed by atoms with Gasteiger partial charge in [0.15, 0.2) is 12.8 Å². The number of aromatic nitrogens is 1. The van der Waals surface area contributed by atoms with Crippen molar-refractivity contribution in [3.8, 4) is 5.75 Å². The third kappa shape index (κ3) is 6.14. The molecule has 0 aliphatic rings. The molecule has 196 valence electrons. The average Bonchev–Trinajstić information content (AvgIpc) is 3.24. The van der Waals surface area contributed by atoms with E-state index in [0.29, 0.717) is 24.9 Å². The van der Waals surface area contributed by atoms with Crippen LogP contribution >= 0.6 is 0 Å². The maximum atomic E-state index is 14.0. The third-order valence-electron chi connectivity index (χ3n) is 5.93. The van der Waals surface area contributed by atoms with Gasteiger partial charge in [0.2, 0.25) is 0 Å². The normalized spacial score (nSPS) is 13.1. The van der Waals surface area contributed by atoms with E-state index < -0.39 is 34.5 Å². The first-order chi connectivity index (χ1) is 17.6.